The summed E-state index contributed by atoms with van der Waals surface area (Å²) in [5.41, 5.74) is 1.31. The van der Waals surface area contributed by atoms with Crippen LogP contribution in [0.15, 0.2) is 66.7 Å². The second-order valence-corrected chi connectivity index (χ2v) is 7.56. The molecule has 0 aliphatic heterocycles. The van der Waals surface area contributed by atoms with Crippen molar-refractivity contribution in [3.05, 3.63) is 66.7 Å². The minimum atomic E-state index is 0.586. The summed E-state index contributed by atoms with van der Waals surface area (Å²) in [5, 5.41) is 0. The molecule has 0 heterocycles. The SMILES string of the molecule is CC/C=C\CCN(c1ccc(Oc2ccccc2)cc1)C(C)C1CCCC1. The highest BCUT2D eigenvalue weighted by molar-refractivity contribution is 5.50. The van der Waals surface area contributed by atoms with Crippen molar-refractivity contribution < 1.29 is 4.74 Å². The van der Waals surface area contributed by atoms with Crippen LogP contribution in [-0.2, 0) is 0 Å². The molecule has 0 aromatic heterocycles. The van der Waals surface area contributed by atoms with Crippen molar-refractivity contribution in [3.8, 4) is 11.5 Å². The van der Waals surface area contributed by atoms with E-state index in [0.29, 0.717) is 6.04 Å². The Kier molecular flexibility index (Phi) is 7.38. The summed E-state index contributed by atoms with van der Waals surface area (Å²) in [7, 11) is 0. The number of benzene rings is 2. The quantitative estimate of drug-likeness (QED) is 0.436. The predicted molar refractivity (Wildman–Crippen MR) is 116 cm³/mol. The van der Waals surface area contributed by atoms with Gasteiger partial charge < -0.3 is 9.64 Å². The standard InChI is InChI=1S/C25H33NO/c1-3-4-5-11-20-26(21(2)22-12-9-10-13-22)23-16-18-25(19-17-23)27-24-14-7-6-8-15-24/h4-8,14-19,21-22H,3,9-13,20H2,1-2H3/b5-4-. The van der Waals surface area contributed by atoms with Crippen LogP contribution >= 0.6 is 0 Å². The van der Waals surface area contributed by atoms with E-state index >= 15 is 0 Å². The van der Waals surface area contributed by atoms with E-state index in [-0.39, 0.29) is 0 Å². The number of hydrogen-bond acceptors (Lipinski definition) is 2. The summed E-state index contributed by atoms with van der Waals surface area (Å²) in [6.45, 7) is 5.68. The molecule has 144 valence electrons. The minimum absolute atomic E-state index is 0.586. The van der Waals surface area contributed by atoms with Crippen molar-refractivity contribution >= 4 is 5.69 Å². The molecule has 0 N–H and O–H groups in total. The largest absolute Gasteiger partial charge is 0.457 e. The number of nitrogens with zero attached hydrogens (tertiary/aromatic N) is 1. The van der Waals surface area contributed by atoms with Crippen molar-refractivity contribution in [3.63, 3.8) is 0 Å². The molecule has 1 atom stereocenters. The van der Waals surface area contributed by atoms with Crippen LogP contribution in [0.4, 0.5) is 5.69 Å². The third-order valence-corrected chi connectivity index (χ3v) is 5.66. The number of ether oxygens (including phenoxy) is 1. The van der Waals surface area contributed by atoms with E-state index in [1.165, 1.54) is 31.4 Å². The van der Waals surface area contributed by atoms with Gasteiger partial charge in [-0.05, 0) is 74.9 Å². The molecule has 0 radical (unpaired) electrons. The summed E-state index contributed by atoms with van der Waals surface area (Å²) < 4.78 is 5.96. The molecule has 27 heavy (non-hydrogen) atoms. The van der Waals surface area contributed by atoms with Gasteiger partial charge in [-0.3, -0.25) is 0 Å². The molecular weight excluding hydrogens is 330 g/mol. The second-order valence-electron chi connectivity index (χ2n) is 7.56. The summed E-state index contributed by atoms with van der Waals surface area (Å²) in [6.07, 6.45) is 12.3. The van der Waals surface area contributed by atoms with Gasteiger partial charge >= 0.3 is 0 Å². The molecule has 0 bridgehead atoms. The fraction of sp³-hybridized carbons (Fsp3) is 0.440. The molecule has 2 aromatic rings. The lowest BCUT2D eigenvalue weighted by Crippen LogP contribution is -2.38. The molecule has 1 fully saturated rings. The van der Waals surface area contributed by atoms with Gasteiger partial charge in [0.05, 0.1) is 0 Å². The van der Waals surface area contributed by atoms with E-state index in [2.05, 4.69) is 55.2 Å². The minimum Gasteiger partial charge on any atom is -0.457 e. The third-order valence-electron chi connectivity index (χ3n) is 5.66. The second kappa shape index (κ2) is 10.2. The molecule has 0 spiro atoms. The lowest BCUT2D eigenvalue weighted by molar-refractivity contribution is 0.427. The van der Waals surface area contributed by atoms with Crippen molar-refractivity contribution in [1.29, 1.82) is 0 Å². The molecular formula is C25H33NO. The van der Waals surface area contributed by atoms with Crippen molar-refractivity contribution in [2.75, 3.05) is 11.4 Å². The first-order chi connectivity index (χ1) is 13.3. The fourth-order valence-corrected chi connectivity index (χ4v) is 4.09. The lowest BCUT2D eigenvalue weighted by Gasteiger charge is -2.35. The topological polar surface area (TPSA) is 12.5 Å². The van der Waals surface area contributed by atoms with Gasteiger partial charge in [0.1, 0.15) is 11.5 Å². The van der Waals surface area contributed by atoms with Gasteiger partial charge in [0, 0.05) is 18.3 Å². The Balaban J connectivity index is 1.71. The monoisotopic (exact) mass is 363 g/mol. The van der Waals surface area contributed by atoms with Crippen molar-refractivity contribution in [2.45, 2.75) is 58.4 Å². The molecule has 2 aromatic carbocycles. The van der Waals surface area contributed by atoms with Crippen LogP contribution in [-0.4, -0.2) is 12.6 Å². The van der Waals surface area contributed by atoms with E-state index in [4.69, 9.17) is 4.74 Å². The Morgan fingerprint density at radius 3 is 2.30 bits per heavy atom. The maximum Gasteiger partial charge on any atom is 0.127 e. The number of hydrogen-bond donors (Lipinski definition) is 0. The summed E-state index contributed by atoms with van der Waals surface area (Å²) in [4.78, 5) is 2.60. The number of para-hydroxylation sites is 1. The first-order valence-electron chi connectivity index (χ1n) is 10.5. The lowest BCUT2D eigenvalue weighted by atomic mass is 9.97. The summed E-state index contributed by atoms with van der Waals surface area (Å²) >= 11 is 0. The molecule has 1 aliphatic rings. The molecule has 1 saturated carbocycles. The van der Waals surface area contributed by atoms with Gasteiger partial charge in [0.15, 0.2) is 0 Å². The highest BCUT2D eigenvalue weighted by atomic mass is 16.5. The Labute approximate surface area is 164 Å². The zero-order valence-electron chi connectivity index (χ0n) is 16.8. The maximum absolute atomic E-state index is 5.96. The highest BCUT2D eigenvalue weighted by Gasteiger charge is 2.26. The van der Waals surface area contributed by atoms with E-state index in [1.807, 2.05) is 30.3 Å². The van der Waals surface area contributed by atoms with Crippen LogP contribution in [0.2, 0.25) is 0 Å². The van der Waals surface area contributed by atoms with Crippen LogP contribution in [0.25, 0.3) is 0 Å². The van der Waals surface area contributed by atoms with Crippen LogP contribution in [0.5, 0.6) is 11.5 Å². The van der Waals surface area contributed by atoms with Gasteiger partial charge in [0.2, 0.25) is 0 Å². The van der Waals surface area contributed by atoms with Gasteiger partial charge in [-0.25, -0.2) is 0 Å². The normalized spacial score (nSPS) is 15.9. The molecule has 3 rings (SSSR count). The average molecular weight is 364 g/mol. The maximum atomic E-state index is 5.96. The van der Waals surface area contributed by atoms with E-state index in [0.717, 1.165) is 36.8 Å². The summed E-state index contributed by atoms with van der Waals surface area (Å²) in [5.74, 6) is 2.59. The van der Waals surface area contributed by atoms with E-state index < -0.39 is 0 Å². The molecule has 1 aliphatic carbocycles. The van der Waals surface area contributed by atoms with E-state index in [1.54, 1.807) is 0 Å². The van der Waals surface area contributed by atoms with Gasteiger partial charge in [0.25, 0.3) is 0 Å². The van der Waals surface area contributed by atoms with Gasteiger partial charge in [-0.1, -0.05) is 50.1 Å². The molecule has 0 saturated heterocycles. The Morgan fingerprint density at radius 1 is 0.963 bits per heavy atom. The van der Waals surface area contributed by atoms with Crippen molar-refractivity contribution in [1.82, 2.24) is 0 Å². The Bertz CT molecular complexity index is 686. The van der Waals surface area contributed by atoms with Crippen LogP contribution in [0.3, 0.4) is 0 Å². The Hall–Kier alpha value is -2.22. The molecule has 2 nitrogen and oxygen atoms in total. The van der Waals surface area contributed by atoms with Gasteiger partial charge in [-0.15, -0.1) is 0 Å². The predicted octanol–water partition coefficient (Wildman–Crippen LogP) is 7.22. The van der Waals surface area contributed by atoms with Gasteiger partial charge in [-0.2, -0.15) is 0 Å². The number of rotatable bonds is 9. The average Bonchev–Trinajstić information content (AvgIpc) is 3.24. The number of anilines is 1. The zero-order valence-corrected chi connectivity index (χ0v) is 16.8. The Morgan fingerprint density at radius 2 is 1.63 bits per heavy atom. The molecule has 1 unspecified atom stereocenters. The summed E-state index contributed by atoms with van der Waals surface area (Å²) in [6, 6.07) is 19.2. The first-order valence-corrected chi connectivity index (χ1v) is 10.5. The molecule has 0 amide bonds. The van der Waals surface area contributed by atoms with Crippen LogP contribution < -0.4 is 9.64 Å². The zero-order chi connectivity index (χ0) is 18.9. The highest BCUT2D eigenvalue weighted by Crippen LogP contribution is 2.33. The van der Waals surface area contributed by atoms with Crippen LogP contribution in [0.1, 0.15) is 52.4 Å². The smallest absolute Gasteiger partial charge is 0.127 e. The van der Waals surface area contributed by atoms with E-state index in [9.17, 15) is 0 Å². The molecule has 2 heteroatoms. The third kappa shape index (κ3) is 5.63. The number of allylic oxidation sites excluding steroid dienone is 1. The first kappa shape index (κ1) is 19.5. The fourth-order valence-electron chi connectivity index (χ4n) is 4.09. The van der Waals surface area contributed by atoms with Crippen molar-refractivity contribution in [2.24, 2.45) is 5.92 Å². The van der Waals surface area contributed by atoms with Crippen LogP contribution in [0, 0.1) is 5.92 Å².